The molecule has 0 aliphatic carbocycles. The monoisotopic (exact) mass is 284 g/mol. The van der Waals surface area contributed by atoms with Crippen molar-refractivity contribution in [1.82, 2.24) is 9.78 Å². The molecule has 0 spiro atoms. The van der Waals surface area contributed by atoms with Gasteiger partial charge in [0.25, 0.3) is 0 Å². The SMILES string of the molecule is COc1cc(-c2ccccc2)nn1-c1ccc(Cl)cc1. The first-order valence-electron chi connectivity index (χ1n) is 6.23. The number of halogens is 1. The van der Waals surface area contributed by atoms with E-state index in [-0.39, 0.29) is 0 Å². The van der Waals surface area contributed by atoms with Gasteiger partial charge in [-0.05, 0) is 24.3 Å². The topological polar surface area (TPSA) is 27.1 Å². The minimum Gasteiger partial charge on any atom is -0.481 e. The van der Waals surface area contributed by atoms with E-state index in [4.69, 9.17) is 16.3 Å². The van der Waals surface area contributed by atoms with E-state index >= 15 is 0 Å². The average Bonchev–Trinajstić information content (AvgIpc) is 2.93. The number of hydrogen-bond donors (Lipinski definition) is 0. The number of hydrogen-bond acceptors (Lipinski definition) is 2. The molecular formula is C16H13ClN2O. The molecule has 0 saturated carbocycles. The molecule has 0 aliphatic heterocycles. The van der Waals surface area contributed by atoms with Crippen molar-refractivity contribution in [3.8, 4) is 22.8 Å². The maximum absolute atomic E-state index is 5.91. The van der Waals surface area contributed by atoms with Crippen LogP contribution in [-0.2, 0) is 0 Å². The number of ether oxygens (including phenoxy) is 1. The van der Waals surface area contributed by atoms with E-state index in [2.05, 4.69) is 5.10 Å². The lowest BCUT2D eigenvalue weighted by atomic mass is 10.2. The van der Waals surface area contributed by atoms with Crippen LogP contribution in [0.25, 0.3) is 16.9 Å². The molecule has 20 heavy (non-hydrogen) atoms. The Balaban J connectivity index is 2.07. The third-order valence-corrected chi connectivity index (χ3v) is 3.28. The van der Waals surface area contributed by atoms with E-state index in [0.717, 1.165) is 16.9 Å². The highest BCUT2D eigenvalue weighted by Crippen LogP contribution is 2.26. The Morgan fingerprint density at radius 3 is 2.35 bits per heavy atom. The highest BCUT2D eigenvalue weighted by molar-refractivity contribution is 6.30. The first kappa shape index (κ1) is 12.8. The van der Waals surface area contributed by atoms with Crippen LogP contribution in [0.15, 0.2) is 60.7 Å². The van der Waals surface area contributed by atoms with Crippen molar-refractivity contribution in [2.75, 3.05) is 7.11 Å². The minimum atomic E-state index is 0.686. The van der Waals surface area contributed by atoms with Crippen LogP contribution in [0.2, 0.25) is 5.02 Å². The Kier molecular flexibility index (Phi) is 3.44. The van der Waals surface area contributed by atoms with E-state index in [9.17, 15) is 0 Å². The van der Waals surface area contributed by atoms with Crippen LogP contribution < -0.4 is 4.74 Å². The summed E-state index contributed by atoms with van der Waals surface area (Å²) in [6, 6.07) is 19.4. The largest absolute Gasteiger partial charge is 0.481 e. The van der Waals surface area contributed by atoms with Gasteiger partial charge in [0.15, 0.2) is 0 Å². The summed E-state index contributed by atoms with van der Waals surface area (Å²) in [5.74, 6) is 0.686. The van der Waals surface area contributed by atoms with E-state index < -0.39 is 0 Å². The van der Waals surface area contributed by atoms with Gasteiger partial charge in [0, 0.05) is 16.7 Å². The summed E-state index contributed by atoms with van der Waals surface area (Å²) < 4.78 is 7.16. The normalized spacial score (nSPS) is 10.5. The van der Waals surface area contributed by atoms with Crippen molar-refractivity contribution in [3.63, 3.8) is 0 Å². The fraction of sp³-hybridized carbons (Fsp3) is 0.0625. The zero-order valence-corrected chi connectivity index (χ0v) is 11.7. The van der Waals surface area contributed by atoms with Crippen LogP contribution >= 0.6 is 11.6 Å². The molecule has 3 rings (SSSR count). The third-order valence-electron chi connectivity index (χ3n) is 3.03. The number of benzene rings is 2. The maximum Gasteiger partial charge on any atom is 0.216 e. The first-order valence-corrected chi connectivity index (χ1v) is 6.61. The molecule has 0 unspecified atom stereocenters. The van der Waals surface area contributed by atoms with E-state index in [1.54, 1.807) is 11.8 Å². The minimum absolute atomic E-state index is 0.686. The Bertz CT molecular complexity index is 705. The Morgan fingerprint density at radius 2 is 1.70 bits per heavy atom. The fourth-order valence-electron chi connectivity index (χ4n) is 2.03. The molecule has 0 N–H and O–H groups in total. The molecule has 1 heterocycles. The first-order chi connectivity index (χ1) is 9.78. The molecule has 0 atom stereocenters. The van der Waals surface area contributed by atoms with Crippen molar-refractivity contribution < 1.29 is 4.74 Å². The maximum atomic E-state index is 5.91. The zero-order valence-electron chi connectivity index (χ0n) is 11.0. The van der Waals surface area contributed by atoms with Crippen molar-refractivity contribution in [3.05, 3.63) is 65.7 Å². The quantitative estimate of drug-likeness (QED) is 0.721. The van der Waals surface area contributed by atoms with E-state index in [0.29, 0.717) is 10.9 Å². The molecule has 2 aromatic carbocycles. The van der Waals surface area contributed by atoms with Crippen molar-refractivity contribution >= 4 is 11.6 Å². The van der Waals surface area contributed by atoms with Gasteiger partial charge in [-0.1, -0.05) is 41.9 Å². The average molecular weight is 285 g/mol. The highest BCUT2D eigenvalue weighted by atomic mass is 35.5. The van der Waals surface area contributed by atoms with Gasteiger partial charge in [0.05, 0.1) is 18.5 Å². The summed E-state index contributed by atoms with van der Waals surface area (Å²) >= 11 is 5.91. The van der Waals surface area contributed by atoms with Gasteiger partial charge in [0.1, 0.15) is 0 Å². The molecule has 4 heteroatoms. The second-order valence-corrected chi connectivity index (χ2v) is 4.76. The van der Waals surface area contributed by atoms with Crippen LogP contribution in [0.3, 0.4) is 0 Å². The van der Waals surface area contributed by atoms with Gasteiger partial charge in [-0.3, -0.25) is 0 Å². The Labute approximate surface area is 122 Å². The van der Waals surface area contributed by atoms with Gasteiger partial charge in [-0.15, -0.1) is 0 Å². The summed E-state index contributed by atoms with van der Waals surface area (Å²) in [6.45, 7) is 0. The van der Waals surface area contributed by atoms with Crippen LogP contribution in [0, 0.1) is 0 Å². The second-order valence-electron chi connectivity index (χ2n) is 4.33. The zero-order chi connectivity index (χ0) is 13.9. The summed E-state index contributed by atoms with van der Waals surface area (Å²) in [6.07, 6.45) is 0. The fourth-order valence-corrected chi connectivity index (χ4v) is 2.15. The van der Waals surface area contributed by atoms with Gasteiger partial charge >= 0.3 is 0 Å². The predicted molar refractivity (Wildman–Crippen MR) is 80.6 cm³/mol. The van der Waals surface area contributed by atoms with Gasteiger partial charge in [-0.2, -0.15) is 5.10 Å². The van der Waals surface area contributed by atoms with E-state index in [1.165, 1.54) is 0 Å². The standard InChI is InChI=1S/C16H13ClN2O/c1-20-16-11-15(12-5-3-2-4-6-12)18-19(16)14-9-7-13(17)8-10-14/h2-11H,1H3. The van der Waals surface area contributed by atoms with Crippen LogP contribution in [-0.4, -0.2) is 16.9 Å². The summed E-state index contributed by atoms with van der Waals surface area (Å²) in [4.78, 5) is 0. The van der Waals surface area contributed by atoms with Gasteiger partial charge in [-0.25, -0.2) is 4.68 Å². The number of methoxy groups -OCH3 is 1. The molecule has 3 nitrogen and oxygen atoms in total. The van der Waals surface area contributed by atoms with Crippen LogP contribution in [0.4, 0.5) is 0 Å². The summed E-state index contributed by atoms with van der Waals surface area (Å²) in [5.41, 5.74) is 2.84. The Hall–Kier alpha value is -2.26. The second kappa shape index (κ2) is 5.39. The lowest BCUT2D eigenvalue weighted by Gasteiger charge is -2.05. The molecule has 0 aliphatic rings. The molecular weight excluding hydrogens is 272 g/mol. The molecule has 0 radical (unpaired) electrons. The molecule has 1 aromatic heterocycles. The molecule has 0 fully saturated rings. The van der Waals surface area contributed by atoms with Crippen molar-refractivity contribution in [1.29, 1.82) is 0 Å². The van der Waals surface area contributed by atoms with Crippen LogP contribution in [0.5, 0.6) is 5.88 Å². The smallest absolute Gasteiger partial charge is 0.216 e. The number of nitrogens with zero attached hydrogens (tertiary/aromatic N) is 2. The van der Waals surface area contributed by atoms with E-state index in [1.807, 2.05) is 60.7 Å². The van der Waals surface area contributed by atoms with Crippen molar-refractivity contribution in [2.45, 2.75) is 0 Å². The lowest BCUT2D eigenvalue weighted by Crippen LogP contribution is -1.99. The molecule has 0 saturated heterocycles. The Morgan fingerprint density at radius 1 is 1.00 bits per heavy atom. The molecule has 100 valence electrons. The summed E-state index contributed by atoms with van der Waals surface area (Å²) in [5, 5.41) is 5.30. The molecule has 0 bridgehead atoms. The van der Waals surface area contributed by atoms with Gasteiger partial charge < -0.3 is 4.74 Å². The van der Waals surface area contributed by atoms with Crippen molar-refractivity contribution in [2.24, 2.45) is 0 Å². The molecule has 3 aromatic rings. The highest BCUT2D eigenvalue weighted by Gasteiger charge is 2.11. The molecule has 0 amide bonds. The predicted octanol–water partition coefficient (Wildman–Crippen LogP) is 4.20. The van der Waals surface area contributed by atoms with Crippen LogP contribution in [0.1, 0.15) is 0 Å². The number of rotatable bonds is 3. The number of aromatic nitrogens is 2. The van der Waals surface area contributed by atoms with Gasteiger partial charge in [0.2, 0.25) is 5.88 Å². The summed E-state index contributed by atoms with van der Waals surface area (Å²) in [7, 11) is 1.64. The lowest BCUT2D eigenvalue weighted by molar-refractivity contribution is 0.383. The third kappa shape index (κ3) is 2.40.